The van der Waals surface area contributed by atoms with Crippen molar-refractivity contribution in [2.45, 2.75) is 57.5 Å². The molecule has 28 heavy (non-hydrogen) atoms. The molecule has 1 fully saturated rings. The molecule has 3 rings (SSSR count). The summed E-state index contributed by atoms with van der Waals surface area (Å²) in [6.45, 7) is 11.3. The Morgan fingerprint density at radius 1 is 1.36 bits per heavy atom. The first kappa shape index (κ1) is 20.8. The van der Waals surface area contributed by atoms with E-state index in [1.165, 1.54) is 18.2 Å². The highest BCUT2D eigenvalue weighted by Crippen LogP contribution is 2.30. The molecule has 0 aliphatic carbocycles. The highest BCUT2D eigenvalue weighted by atomic mass is 32.2. The summed E-state index contributed by atoms with van der Waals surface area (Å²) in [4.78, 5) is 14.5. The summed E-state index contributed by atoms with van der Waals surface area (Å²) in [6, 6.07) is 3.82. The van der Waals surface area contributed by atoms with Gasteiger partial charge in [0.15, 0.2) is 5.16 Å². The molecule has 154 valence electrons. The molecule has 8 heteroatoms. The molecule has 3 atom stereocenters. The summed E-state index contributed by atoms with van der Waals surface area (Å²) in [5, 5.41) is 9.26. The van der Waals surface area contributed by atoms with Crippen LogP contribution in [0.5, 0.6) is 0 Å². The first-order valence-electron chi connectivity index (χ1n) is 10.0. The van der Waals surface area contributed by atoms with Gasteiger partial charge in [-0.1, -0.05) is 32.5 Å². The highest BCUT2D eigenvalue weighted by molar-refractivity contribution is 8.00. The smallest absolute Gasteiger partial charge is 0.319 e. The normalized spacial score (nSPS) is 20.9. The third-order valence-electron chi connectivity index (χ3n) is 4.81. The van der Waals surface area contributed by atoms with E-state index in [0.29, 0.717) is 30.1 Å². The van der Waals surface area contributed by atoms with Crippen LogP contribution in [0.4, 0.5) is 5.95 Å². The van der Waals surface area contributed by atoms with Gasteiger partial charge in [-0.3, -0.25) is 9.36 Å². The van der Waals surface area contributed by atoms with E-state index in [4.69, 9.17) is 9.15 Å². The van der Waals surface area contributed by atoms with E-state index in [9.17, 15) is 4.79 Å². The van der Waals surface area contributed by atoms with Crippen LogP contribution >= 0.6 is 11.8 Å². The Bertz CT molecular complexity index is 752. The van der Waals surface area contributed by atoms with Crippen molar-refractivity contribution in [3.63, 3.8) is 0 Å². The Kier molecular flexibility index (Phi) is 7.04. The maximum Gasteiger partial charge on any atom is 0.319 e. The molecule has 0 saturated carbocycles. The maximum atomic E-state index is 12.2. The predicted molar refractivity (Wildman–Crippen MR) is 110 cm³/mol. The Labute approximate surface area is 170 Å². The van der Waals surface area contributed by atoms with Crippen LogP contribution in [0.2, 0.25) is 0 Å². The first-order valence-corrected chi connectivity index (χ1v) is 10.9. The molecule has 3 heterocycles. The molecule has 3 unspecified atom stereocenters. The molecule has 2 aromatic heterocycles. The number of hydrogen-bond donors (Lipinski definition) is 0. The number of thioether (sulfide) groups is 1. The van der Waals surface area contributed by atoms with Crippen LogP contribution in [0, 0.1) is 11.8 Å². The first-order chi connectivity index (χ1) is 13.5. The van der Waals surface area contributed by atoms with E-state index < -0.39 is 0 Å². The van der Waals surface area contributed by atoms with Gasteiger partial charge in [-0.15, -0.1) is 10.2 Å². The minimum absolute atomic E-state index is 0.221. The van der Waals surface area contributed by atoms with Gasteiger partial charge in [-0.05, 0) is 43.7 Å². The van der Waals surface area contributed by atoms with Gasteiger partial charge in [0.05, 0.1) is 19.4 Å². The molecule has 0 amide bonds. The number of rotatable bonds is 8. The van der Waals surface area contributed by atoms with Gasteiger partial charge in [-0.2, -0.15) is 0 Å². The van der Waals surface area contributed by atoms with Crippen molar-refractivity contribution in [3.05, 3.63) is 24.2 Å². The molecule has 1 saturated heterocycles. The number of anilines is 1. The van der Waals surface area contributed by atoms with Crippen LogP contribution in [-0.2, 0) is 16.1 Å². The lowest BCUT2D eigenvalue weighted by Crippen LogP contribution is -2.40. The summed E-state index contributed by atoms with van der Waals surface area (Å²) >= 11 is 1.38. The van der Waals surface area contributed by atoms with Crippen molar-refractivity contribution in [3.8, 4) is 0 Å². The van der Waals surface area contributed by atoms with Gasteiger partial charge in [0.2, 0.25) is 5.95 Å². The molecule has 1 aliphatic heterocycles. The highest BCUT2D eigenvalue weighted by Gasteiger charge is 2.28. The third-order valence-corrected chi connectivity index (χ3v) is 5.86. The van der Waals surface area contributed by atoms with Gasteiger partial charge in [0, 0.05) is 13.1 Å². The predicted octanol–water partition coefficient (Wildman–Crippen LogP) is 3.84. The number of carbonyl (C=O) groups excluding carboxylic acids is 1. The Balaban J connectivity index is 1.83. The topological polar surface area (TPSA) is 73.4 Å². The number of hydrogen-bond acceptors (Lipinski definition) is 7. The molecular formula is C20H30N4O3S. The van der Waals surface area contributed by atoms with Crippen molar-refractivity contribution < 1.29 is 13.9 Å². The molecule has 0 radical (unpaired) electrons. The number of carbonyl (C=O) groups is 1. The van der Waals surface area contributed by atoms with E-state index in [1.54, 1.807) is 6.26 Å². The zero-order valence-corrected chi connectivity index (χ0v) is 17.9. The minimum Gasteiger partial charge on any atom is -0.467 e. The number of aromatic nitrogens is 3. The average Bonchev–Trinajstić information content (AvgIpc) is 3.30. The van der Waals surface area contributed by atoms with Crippen LogP contribution in [0.1, 0.15) is 46.3 Å². The van der Waals surface area contributed by atoms with Crippen molar-refractivity contribution >= 4 is 23.7 Å². The summed E-state index contributed by atoms with van der Waals surface area (Å²) in [5.41, 5.74) is 0. The standard InChI is InChI=1S/C20H30N4O3S/c1-5-8-27-18(25)16(4)28-20-22-21-19(23-11-14(2)10-15(3)12-23)24(20)13-17-7-6-9-26-17/h6-7,9,14-16H,5,8,10-13H2,1-4H3. The number of nitrogens with zero attached hydrogens (tertiary/aromatic N) is 4. The van der Waals surface area contributed by atoms with E-state index in [1.807, 2.05) is 26.0 Å². The average molecular weight is 407 g/mol. The fourth-order valence-electron chi connectivity index (χ4n) is 3.65. The number of furan rings is 1. The number of ether oxygens (including phenoxy) is 1. The second-order valence-corrected chi connectivity index (χ2v) is 9.03. The quantitative estimate of drug-likeness (QED) is 0.487. The number of esters is 1. The lowest BCUT2D eigenvalue weighted by molar-refractivity contribution is -0.142. The fourth-order valence-corrected chi connectivity index (χ4v) is 4.49. The second kappa shape index (κ2) is 9.49. The van der Waals surface area contributed by atoms with E-state index >= 15 is 0 Å². The van der Waals surface area contributed by atoms with Gasteiger partial charge < -0.3 is 14.1 Å². The summed E-state index contributed by atoms with van der Waals surface area (Å²) in [6.07, 6.45) is 3.71. The van der Waals surface area contributed by atoms with E-state index in [-0.39, 0.29) is 11.2 Å². The van der Waals surface area contributed by atoms with Crippen molar-refractivity contribution in [2.24, 2.45) is 11.8 Å². The second-order valence-electron chi connectivity index (χ2n) is 7.73. The Morgan fingerprint density at radius 3 is 2.75 bits per heavy atom. The molecule has 0 bridgehead atoms. The summed E-state index contributed by atoms with van der Waals surface area (Å²) in [7, 11) is 0. The molecule has 1 aliphatic rings. The van der Waals surface area contributed by atoms with Crippen LogP contribution in [0.25, 0.3) is 0 Å². The van der Waals surface area contributed by atoms with Crippen molar-refractivity contribution in [2.75, 3.05) is 24.6 Å². The molecule has 2 aromatic rings. The van der Waals surface area contributed by atoms with Crippen LogP contribution < -0.4 is 4.90 Å². The molecule has 0 N–H and O–H groups in total. The molecule has 0 aromatic carbocycles. The van der Waals surface area contributed by atoms with Crippen molar-refractivity contribution in [1.82, 2.24) is 14.8 Å². The van der Waals surface area contributed by atoms with Crippen LogP contribution in [0.3, 0.4) is 0 Å². The van der Waals surface area contributed by atoms with Crippen molar-refractivity contribution in [1.29, 1.82) is 0 Å². The minimum atomic E-state index is -0.349. The Hall–Kier alpha value is -1.96. The van der Waals surface area contributed by atoms with E-state index in [2.05, 4.69) is 33.5 Å². The third kappa shape index (κ3) is 5.10. The summed E-state index contributed by atoms with van der Waals surface area (Å²) in [5.74, 6) is 2.67. The molecule has 7 nitrogen and oxygen atoms in total. The molecular weight excluding hydrogens is 376 g/mol. The maximum absolute atomic E-state index is 12.2. The van der Waals surface area contributed by atoms with Gasteiger partial charge >= 0.3 is 5.97 Å². The van der Waals surface area contributed by atoms with Crippen LogP contribution in [-0.4, -0.2) is 45.7 Å². The zero-order valence-electron chi connectivity index (χ0n) is 17.1. The van der Waals surface area contributed by atoms with Crippen LogP contribution in [0.15, 0.2) is 28.0 Å². The SMILES string of the molecule is CCCOC(=O)C(C)Sc1nnc(N2CC(C)CC(C)C2)n1Cc1ccco1. The molecule has 0 spiro atoms. The van der Waals surface area contributed by atoms with Gasteiger partial charge in [0.1, 0.15) is 11.0 Å². The fraction of sp³-hybridized carbons (Fsp3) is 0.650. The number of piperidine rings is 1. The zero-order chi connectivity index (χ0) is 20.1. The van der Waals surface area contributed by atoms with Gasteiger partial charge in [0.25, 0.3) is 0 Å². The largest absolute Gasteiger partial charge is 0.467 e. The monoisotopic (exact) mass is 406 g/mol. The van der Waals surface area contributed by atoms with Gasteiger partial charge in [-0.25, -0.2) is 0 Å². The lowest BCUT2D eigenvalue weighted by Gasteiger charge is -2.35. The lowest BCUT2D eigenvalue weighted by atomic mass is 9.92. The Morgan fingerprint density at radius 2 is 2.11 bits per heavy atom. The van der Waals surface area contributed by atoms with E-state index in [0.717, 1.165) is 31.2 Å². The summed E-state index contributed by atoms with van der Waals surface area (Å²) < 4.78 is 12.9.